The first-order chi connectivity index (χ1) is 22.6. The SMILES string of the molecule is C=C(C)C(=O)OCc1cc(C2CCC(C3CCC(C4CCC(CCCCC)CC4)CC3)CC2)ccc1[Si](C)(C)CCCC(CO)CO. The zero-order chi connectivity index (χ0) is 33.8. The third kappa shape index (κ3) is 11.3. The van der Waals surface area contributed by atoms with Gasteiger partial charge in [0.05, 0.1) is 8.07 Å². The Morgan fingerprint density at radius 2 is 1.40 bits per heavy atom. The van der Waals surface area contributed by atoms with Gasteiger partial charge >= 0.3 is 5.97 Å². The van der Waals surface area contributed by atoms with Gasteiger partial charge in [0.2, 0.25) is 0 Å². The van der Waals surface area contributed by atoms with Crippen LogP contribution in [0.2, 0.25) is 19.1 Å². The van der Waals surface area contributed by atoms with E-state index in [1.54, 1.807) is 6.92 Å². The average Bonchev–Trinajstić information content (AvgIpc) is 3.09. The minimum absolute atomic E-state index is 0.0340. The van der Waals surface area contributed by atoms with Crippen LogP contribution in [0.4, 0.5) is 0 Å². The second-order valence-corrected chi connectivity index (χ2v) is 21.6. The molecule has 0 heterocycles. The van der Waals surface area contributed by atoms with Crippen molar-refractivity contribution in [3.63, 3.8) is 0 Å². The van der Waals surface area contributed by atoms with Gasteiger partial charge in [-0.3, -0.25) is 0 Å². The van der Waals surface area contributed by atoms with Crippen molar-refractivity contribution in [1.82, 2.24) is 0 Å². The standard InChI is InChI=1S/C42H70O4Si/c1-6-7-8-10-32-12-14-34(15-13-32)35-16-18-36(19-17-35)37-20-22-38(23-21-37)39-24-25-41(40(27-39)30-46-42(45)31(2)3)47(4,5)26-9-11-33(28-43)29-44/h24-25,27,32-38,43-44H,2,6-23,26,28-30H2,1,3-5H3. The number of benzene rings is 1. The van der Waals surface area contributed by atoms with Crippen molar-refractivity contribution in [3.05, 3.63) is 41.5 Å². The number of unbranched alkanes of at least 4 members (excludes halogenated alkanes) is 2. The summed E-state index contributed by atoms with van der Waals surface area (Å²) >= 11 is 0. The molecule has 0 spiro atoms. The first-order valence-electron chi connectivity index (χ1n) is 19.8. The van der Waals surface area contributed by atoms with Crippen LogP contribution in [0.25, 0.3) is 0 Å². The fourth-order valence-corrected chi connectivity index (χ4v) is 12.7. The van der Waals surface area contributed by atoms with Crippen LogP contribution in [0.3, 0.4) is 0 Å². The molecule has 3 aliphatic carbocycles. The largest absolute Gasteiger partial charge is 0.457 e. The van der Waals surface area contributed by atoms with Crippen molar-refractivity contribution in [1.29, 1.82) is 0 Å². The average molecular weight is 667 g/mol. The van der Waals surface area contributed by atoms with E-state index in [0.29, 0.717) is 18.1 Å². The first kappa shape index (κ1) is 38.4. The normalized spacial score (nSPS) is 27.1. The quantitative estimate of drug-likeness (QED) is 0.0752. The summed E-state index contributed by atoms with van der Waals surface area (Å²) in [5.74, 6) is 5.15. The second-order valence-electron chi connectivity index (χ2n) is 16.8. The second kappa shape index (κ2) is 19.1. The highest BCUT2D eigenvalue weighted by atomic mass is 28.3. The summed E-state index contributed by atoms with van der Waals surface area (Å²) in [6.45, 7) is 13.0. The predicted octanol–water partition coefficient (Wildman–Crippen LogP) is 10.1. The maximum atomic E-state index is 12.4. The van der Waals surface area contributed by atoms with Crippen LogP contribution in [0, 0.1) is 35.5 Å². The van der Waals surface area contributed by atoms with Crippen molar-refractivity contribution in [2.24, 2.45) is 35.5 Å². The number of rotatable bonds is 17. The molecule has 0 unspecified atom stereocenters. The summed E-state index contributed by atoms with van der Waals surface area (Å²) in [4.78, 5) is 12.4. The highest BCUT2D eigenvalue weighted by molar-refractivity contribution is 6.90. The molecular weight excluding hydrogens is 597 g/mol. The lowest BCUT2D eigenvalue weighted by Gasteiger charge is -2.41. The third-order valence-corrected chi connectivity index (χ3v) is 16.5. The van der Waals surface area contributed by atoms with Crippen molar-refractivity contribution < 1.29 is 19.7 Å². The number of carbonyl (C=O) groups excluding carboxylic acids is 1. The van der Waals surface area contributed by atoms with Crippen LogP contribution in [0.1, 0.15) is 146 Å². The molecule has 0 saturated heterocycles. The van der Waals surface area contributed by atoms with Crippen LogP contribution in [0.15, 0.2) is 30.4 Å². The molecule has 3 fully saturated rings. The van der Waals surface area contributed by atoms with Crippen molar-refractivity contribution >= 4 is 19.2 Å². The molecule has 1 aromatic rings. The number of esters is 1. The fraction of sp³-hybridized carbons (Fsp3) is 0.786. The Kier molecular flexibility index (Phi) is 15.6. The van der Waals surface area contributed by atoms with Crippen molar-refractivity contribution in [2.45, 2.75) is 161 Å². The molecule has 3 aliphatic rings. The molecule has 0 bridgehead atoms. The van der Waals surface area contributed by atoms with Gasteiger partial charge < -0.3 is 14.9 Å². The molecule has 0 aliphatic heterocycles. The molecular formula is C42H70O4Si. The lowest BCUT2D eigenvalue weighted by Crippen LogP contribution is -2.43. The highest BCUT2D eigenvalue weighted by Crippen LogP contribution is 2.47. The molecule has 1 aromatic carbocycles. The summed E-state index contributed by atoms with van der Waals surface area (Å²) in [7, 11) is -1.83. The fourth-order valence-electron chi connectivity index (χ4n) is 9.76. The molecule has 0 radical (unpaired) electrons. The van der Waals surface area contributed by atoms with E-state index < -0.39 is 8.07 Å². The summed E-state index contributed by atoms with van der Waals surface area (Å²) in [6.07, 6.45) is 24.8. The molecule has 266 valence electrons. The van der Waals surface area contributed by atoms with E-state index in [-0.39, 0.29) is 25.1 Å². The molecule has 0 atom stereocenters. The Hall–Kier alpha value is -1.43. The topological polar surface area (TPSA) is 66.8 Å². The maximum Gasteiger partial charge on any atom is 0.333 e. The number of ether oxygens (including phenoxy) is 1. The zero-order valence-corrected chi connectivity index (χ0v) is 31.7. The van der Waals surface area contributed by atoms with E-state index >= 15 is 0 Å². The monoisotopic (exact) mass is 667 g/mol. The first-order valence-corrected chi connectivity index (χ1v) is 23.0. The van der Waals surface area contributed by atoms with E-state index in [1.807, 2.05) is 0 Å². The van der Waals surface area contributed by atoms with Gasteiger partial charge in [-0.25, -0.2) is 4.79 Å². The Labute approximate surface area is 289 Å². The van der Waals surface area contributed by atoms with Gasteiger partial charge in [0.25, 0.3) is 0 Å². The molecule has 0 aromatic heterocycles. The van der Waals surface area contributed by atoms with E-state index in [9.17, 15) is 15.0 Å². The Balaban J connectivity index is 1.30. The number of carbonyl (C=O) groups is 1. The Morgan fingerprint density at radius 3 is 1.94 bits per heavy atom. The molecule has 5 heteroatoms. The van der Waals surface area contributed by atoms with Crippen molar-refractivity contribution in [2.75, 3.05) is 13.2 Å². The van der Waals surface area contributed by atoms with Crippen LogP contribution >= 0.6 is 0 Å². The molecule has 4 rings (SSSR count). The number of hydrogen-bond donors (Lipinski definition) is 2. The van der Waals surface area contributed by atoms with Crippen LogP contribution in [-0.4, -0.2) is 37.5 Å². The molecule has 4 nitrogen and oxygen atoms in total. The van der Waals surface area contributed by atoms with Crippen LogP contribution < -0.4 is 5.19 Å². The number of aliphatic hydroxyl groups excluding tert-OH is 2. The lowest BCUT2D eigenvalue weighted by molar-refractivity contribution is -0.140. The zero-order valence-electron chi connectivity index (χ0n) is 30.7. The van der Waals surface area contributed by atoms with Crippen LogP contribution in [-0.2, 0) is 16.1 Å². The van der Waals surface area contributed by atoms with Gasteiger partial charge in [0.15, 0.2) is 0 Å². The van der Waals surface area contributed by atoms with Gasteiger partial charge in [0.1, 0.15) is 6.61 Å². The number of hydrogen-bond acceptors (Lipinski definition) is 4. The van der Waals surface area contributed by atoms with Crippen molar-refractivity contribution in [3.8, 4) is 0 Å². The molecule has 47 heavy (non-hydrogen) atoms. The lowest BCUT2D eigenvalue weighted by atomic mass is 9.64. The Bertz CT molecular complexity index is 1090. The van der Waals surface area contributed by atoms with E-state index in [2.05, 4.69) is 44.8 Å². The van der Waals surface area contributed by atoms with E-state index in [4.69, 9.17) is 4.74 Å². The molecule has 2 N–H and O–H groups in total. The highest BCUT2D eigenvalue weighted by Gasteiger charge is 2.35. The molecule has 0 amide bonds. The van der Waals surface area contributed by atoms with E-state index in [0.717, 1.165) is 48.5 Å². The van der Waals surface area contributed by atoms with Gasteiger partial charge in [0, 0.05) is 24.7 Å². The Morgan fingerprint density at radius 1 is 0.851 bits per heavy atom. The summed E-state index contributed by atoms with van der Waals surface area (Å²) in [5.41, 5.74) is 3.04. The molecule has 3 saturated carbocycles. The van der Waals surface area contributed by atoms with E-state index in [1.165, 1.54) is 119 Å². The minimum Gasteiger partial charge on any atom is -0.457 e. The van der Waals surface area contributed by atoms with Crippen LogP contribution in [0.5, 0.6) is 0 Å². The smallest absolute Gasteiger partial charge is 0.333 e. The predicted molar refractivity (Wildman–Crippen MR) is 200 cm³/mol. The van der Waals surface area contributed by atoms with Gasteiger partial charge in [-0.15, -0.1) is 0 Å². The number of aliphatic hydroxyl groups is 2. The van der Waals surface area contributed by atoms with Gasteiger partial charge in [-0.1, -0.05) is 101 Å². The summed E-state index contributed by atoms with van der Waals surface area (Å²) in [6, 6.07) is 8.19. The third-order valence-electron chi connectivity index (χ3n) is 13.0. The maximum absolute atomic E-state index is 12.4. The van der Waals surface area contributed by atoms with Gasteiger partial charge in [-0.05, 0) is 124 Å². The minimum atomic E-state index is -1.83. The summed E-state index contributed by atoms with van der Waals surface area (Å²) in [5, 5.41) is 20.4. The van der Waals surface area contributed by atoms with Gasteiger partial charge in [-0.2, -0.15) is 0 Å². The summed E-state index contributed by atoms with van der Waals surface area (Å²) < 4.78 is 5.74.